The number of rotatable bonds is 4. The van der Waals surface area contributed by atoms with Gasteiger partial charge in [0.15, 0.2) is 0 Å². The molecule has 0 spiro atoms. The first-order valence-corrected chi connectivity index (χ1v) is 7.76. The van der Waals surface area contributed by atoms with Crippen molar-refractivity contribution in [1.82, 2.24) is 10.6 Å². The molecular weight excluding hydrogens is 328 g/mol. The van der Waals surface area contributed by atoms with Gasteiger partial charge in [0.2, 0.25) is 5.91 Å². The van der Waals surface area contributed by atoms with Crippen molar-refractivity contribution in [3.63, 3.8) is 0 Å². The van der Waals surface area contributed by atoms with Crippen LogP contribution in [0.5, 0.6) is 0 Å². The minimum absolute atomic E-state index is 0.124. The lowest BCUT2D eigenvalue weighted by Gasteiger charge is -2.23. The molecule has 0 unspecified atom stereocenters. The zero-order chi connectivity index (χ0) is 13.7. The van der Waals surface area contributed by atoms with E-state index < -0.39 is 0 Å². The molecule has 1 fully saturated rings. The van der Waals surface area contributed by atoms with Crippen molar-refractivity contribution >= 4 is 33.4 Å². The molecule has 0 saturated carbocycles. The van der Waals surface area contributed by atoms with Crippen LogP contribution in [0.15, 0.2) is 22.7 Å². The lowest BCUT2D eigenvalue weighted by Crippen LogP contribution is -2.42. The predicted molar refractivity (Wildman–Crippen MR) is 81.5 cm³/mol. The molecule has 0 aliphatic carbocycles. The van der Waals surface area contributed by atoms with Crippen LogP contribution in [0.4, 0.5) is 0 Å². The van der Waals surface area contributed by atoms with Crippen molar-refractivity contribution in [2.75, 3.05) is 13.1 Å². The normalized spacial score (nSPS) is 16.3. The molecular formula is C14H18BrClN2O. The molecule has 1 aliphatic rings. The van der Waals surface area contributed by atoms with Gasteiger partial charge in [-0.1, -0.05) is 27.5 Å². The van der Waals surface area contributed by atoms with Crippen LogP contribution in [-0.4, -0.2) is 25.0 Å². The van der Waals surface area contributed by atoms with Crippen molar-refractivity contribution in [2.24, 2.45) is 0 Å². The average Bonchev–Trinajstić information content (AvgIpc) is 2.41. The molecule has 1 amide bonds. The maximum Gasteiger partial charge on any atom is 0.220 e. The number of nitrogens with one attached hydrogen (secondary N) is 2. The summed E-state index contributed by atoms with van der Waals surface area (Å²) >= 11 is 9.44. The van der Waals surface area contributed by atoms with Gasteiger partial charge in [0.05, 0.1) is 0 Å². The highest BCUT2D eigenvalue weighted by Gasteiger charge is 2.15. The van der Waals surface area contributed by atoms with Crippen LogP contribution >= 0.6 is 27.5 Å². The van der Waals surface area contributed by atoms with Gasteiger partial charge in [-0.05, 0) is 56.1 Å². The fourth-order valence-corrected chi connectivity index (χ4v) is 2.89. The monoisotopic (exact) mass is 344 g/mol. The molecule has 1 heterocycles. The number of carbonyl (C=O) groups is 1. The smallest absolute Gasteiger partial charge is 0.220 e. The van der Waals surface area contributed by atoms with Crippen molar-refractivity contribution in [1.29, 1.82) is 0 Å². The highest BCUT2D eigenvalue weighted by atomic mass is 79.9. The summed E-state index contributed by atoms with van der Waals surface area (Å²) in [5.74, 6) is 0.124. The van der Waals surface area contributed by atoms with E-state index in [1.54, 1.807) is 0 Å². The first kappa shape index (κ1) is 14.8. The van der Waals surface area contributed by atoms with E-state index in [4.69, 9.17) is 11.6 Å². The van der Waals surface area contributed by atoms with E-state index in [1.807, 2.05) is 18.2 Å². The van der Waals surface area contributed by atoms with E-state index >= 15 is 0 Å². The molecule has 5 heteroatoms. The highest BCUT2D eigenvalue weighted by Crippen LogP contribution is 2.22. The topological polar surface area (TPSA) is 41.1 Å². The third-order valence-electron chi connectivity index (χ3n) is 3.33. The summed E-state index contributed by atoms with van der Waals surface area (Å²) in [6.45, 7) is 1.98. The Bertz CT molecular complexity index is 447. The maximum atomic E-state index is 11.9. The summed E-state index contributed by atoms with van der Waals surface area (Å²) in [6, 6.07) is 5.99. The largest absolute Gasteiger partial charge is 0.353 e. The van der Waals surface area contributed by atoms with Crippen LogP contribution in [0.25, 0.3) is 0 Å². The Kier molecular flexibility index (Phi) is 5.67. The van der Waals surface area contributed by atoms with Gasteiger partial charge in [-0.2, -0.15) is 0 Å². The van der Waals surface area contributed by atoms with Crippen LogP contribution in [0.2, 0.25) is 5.02 Å². The van der Waals surface area contributed by atoms with Gasteiger partial charge in [0.1, 0.15) is 0 Å². The number of piperidine rings is 1. The second-order valence-corrected chi connectivity index (χ2v) is 6.12. The second-order valence-electron chi connectivity index (χ2n) is 4.83. The molecule has 2 N–H and O–H groups in total. The van der Waals surface area contributed by atoms with Crippen LogP contribution < -0.4 is 10.6 Å². The SMILES string of the molecule is O=C(CCc1cc(Cl)ccc1Br)NC1CCNCC1. The molecule has 1 aromatic carbocycles. The van der Waals surface area contributed by atoms with Crippen molar-refractivity contribution in [3.8, 4) is 0 Å². The van der Waals surface area contributed by atoms with E-state index in [9.17, 15) is 4.79 Å². The van der Waals surface area contributed by atoms with E-state index in [0.29, 0.717) is 23.9 Å². The fraction of sp³-hybridized carbons (Fsp3) is 0.500. The van der Waals surface area contributed by atoms with Gasteiger partial charge in [0, 0.05) is 22.0 Å². The number of benzene rings is 1. The zero-order valence-corrected chi connectivity index (χ0v) is 13.1. The molecule has 1 saturated heterocycles. The molecule has 0 bridgehead atoms. The second kappa shape index (κ2) is 7.27. The van der Waals surface area contributed by atoms with Crippen molar-refractivity contribution in [3.05, 3.63) is 33.3 Å². The Labute approximate surface area is 127 Å². The molecule has 0 radical (unpaired) electrons. The maximum absolute atomic E-state index is 11.9. The Morgan fingerprint density at radius 3 is 2.89 bits per heavy atom. The van der Waals surface area contributed by atoms with E-state index in [-0.39, 0.29) is 5.91 Å². The number of amides is 1. The fourth-order valence-electron chi connectivity index (χ4n) is 2.25. The lowest BCUT2D eigenvalue weighted by molar-refractivity contribution is -0.121. The quantitative estimate of drug-likeness (QED) is 0.881. The summed E-state index contributed by atoms with van der Waals surface area (Å²) in [6.07, 6.45) is 3.25. The molecule has 1 aliphatic heterocycles. The van der Waals surface area contributed by atoms with Crippen LogP contribution in [-0.2, 0) is 11.2 Å². The zero-order valence-electron chi connectivity index (χ0n) is 10.7. The Morgan fingerprint density at radius 2 is 2.16 bits per heavy atom. The third-order valence-corrected chi connectivity index (χ3v) is 4.34. The third kappa shape index (κ3) is 4.79. The first-order valence-electron chi connectivity index (χ1n) is 6.59. The highest BCUT2D eigenvalue weighted by molar-refractivity contribution is 9.10. The van der Waals surface area contributed by atoms with Crippen LogP contribution in [0.1, 0.15) is 24.8 Å². The van der Waals surface area contributed by atoms with Crippen molar-refractivity contribution < 1.29 is 4.79 Å². The number of hydrogen-bond acceptors (Lipinski definition) is 2. The number of hydrogen-bond donors (Lipinski definition) is 2. The Morgan fingerprint density at radius 1 is 1.42 bits per heavy atom. The molecule has 104 valence electrons. The van der Waals surface area contributed by atoms with Gasteiger partial charge >= 0.3 is 0 Å². The van der Waals surface area contributed by atoms with Gasteiger partial charge in [-0.3, -0.25) is 4.79 Å². The minimum Gasteiger partial charge on any atom is -0.353 e. The predicted octanol–water partition coefficient (Wildman–Crippen LogP) is 2.90. The van der Waals surface area contributed by atoms with Gasteiger partial charge in [0.25, 0.3) is 0 Å². The summed E-state index contributed by atoms with van der Waals surface area (Å²) in [4.78, 5) is 11.9. The van der Waals surface area contributed by atoms with E-state index in [2.05, 4.69) is 26.6 Å². The molecule has 1 aromatic rings. The summed E-state index contributed by atoms with van der Waals surface area (Å²) in [5.41, 5.74) is 1.08. The molecule has 3 nitrogen and oxygen atoms in total. The standard InChI is InChI=1S/C14H18BrClN2O/c15-13-3-2-11(16)9-10(13)1-4-14(19)18-12-5-7-17-8-6-12/h2-3,9,12,17H,1,4-8H2,(H,18,19). The Hall–Kier alpha value is -0.580. The molecule has 19 heavy (non-hydrogen) atoms. The minimum atomic E-state index is 0.124. The van der Waals surface area contributed by atoms with Crippen LogP contribution in [0.3, 0.4) is 0 Å². The summed E-state index contributed by atoms with van der Waals surface area (Å²) in [7, 11) is 0. The average molecular weight is 346 g/mol. The number of aryl methyl sites for hydroxylation is 1. The van der Waals surface area contributed by atoms with E-state index in [0.717, 1.165) is 36.0 Å². The molecule has 2 rings (SSSR count). The molecule has 0 aromatic heterocycles. The van der Waals surface area contributed by atoms with Gasteiger partial charge in [-0.25, -0.2) is 0 Å². The first-order chi connectivity index (χ1) is 9.15. The van der Waals surface area contributed by atoms with Crippen molar-refractivity contribution in [2.45, 2.75) is 31.7 Å². The Balaban J connectivity index is 1.81. The number of carbonyl (C=O) groups excluding carboxylic acids is 1. The lowest BCUT2D eigenvalue weighted by atomic mass is 10.1. The summed E-state index contributed by atoms with van der Waals surface area (Å²) in [5, 5.41) is 7.09. The van der Waals surface area contributed by atoms with E-state index in [1.165, 1.54) is 0 Å². The van der Waals surface area contributed by atoms with Gasteiger partial charge < -0.3 is 10.6 Å². The molecule has 0 atom stereocenters. The van der Waals surface area contributed by atoms with Gasteiger partial charge in [-0.15, -0.1) is 0 Å². The summed E-state index contributed by atoms with van der Waals surface area (Å²) < 4.78 is 1.01. The van der Waals surface area contributed by atoms with Crippen LogP contribution in [0, 0.1) is 0 Å². The number of halogens is 2.